The van der Waals surface area contributed by atoms with Gasteiger partial charge in [-0.05, 0) is 87.3 Å². The van der Waals surface area contributed by atoms with E-state index in [9.17, 15) is 8.42 Å². The number of ether oxygens (including phenoxy) is 1. The van der Waals surface area contributed by atoms with E-state index in [0.717, 1.165) is 41.0 Å². The molecule has 2 aromatic carbocycles. The Balaban J connectivity index is 0.00000365. The molecule has 0 saturated heterocycles. The average Bonchev–Trinajstić information content (AvgIpc) is 3.61. The van der Waals surface area contributed by atoms with Crippen LogP contribution in [-0.4, -0.2) is 62.0 Å². The van der Waals surface area contributed by atoms with Gasteiger partial charge in [0.05, 0.1) is 22.9 Å². The largest absolute Gasteiger partial charge is 0.491 e. The number of sulfonamides is 1. The van der Waals surface area contributed by atoms with E-state index in [-0.39, 0.29) is 24.6 Å². The number of aliphatic hydroxyl groups is 1. The number of hydrogen-bond acceptors (Lipinski definition) is 9. The molecule has 12 heteroatoms. The van der Waals surface area contributed by atoms with E-state index in [1.54, 1.807) is 25.2 Å². The molecular weight excluding hydrogens is 715 g/mol. The van der Waals surface area contributed by atoms with E-state index in [4.69, 9.17) is 19.4 Å². The Morgan fingerprint density at radius 3 is 2.38 bits per heavy atom. The number of rotatable bonds is 23. The maximum absolute atomic E-state index is 13.1. The first kappa shape index (κ1) is 48.8. The van der Waals surface area contributed by atoms with Gasteiger partial charge in [-0.15, -0.1) is 13.2 Å². The molecule has 0 amide bonds. The summed E-state index contributed by atoms with van der Waals surface area (Å²) >= 11 is 0. The SMILES string of the molecule is C=CCC=C(CCc1nc(-c2ccc(N(C)CCC(C)C)c(NCc3ccc(OCCO)cc3)c2)no1)C(C)NS(=O)(=O)/C(C)=C/C(C)CC=C.CCC.O. The van der Waals surface area contributed by atoms with E-state index >= 15 is 0 Å². The zero-order valence-electron chi connectivity index (χ0n) is 34.4. The molecule has 1 heterocycles. The van der Waals surface area contributed by atoms with E-state index in [0.29, 0.717) is 60.5 Å². The average molecular weight is 782 g/mol. The monoisotopic (exact) mass is 781 g/mol. The Hall–Kier alpha value is -4.23. The lowest BCUT2D eigenvalue weighted by Crippen LogP contribution is -2.34. The molecule has 2 atom stereocenters. The summed E-state index contributed by atoms with van der Waals surface area (Å²) < 4.78 is 40.3. The maximum atomic E-state index is 13.1. The van der Waals surface area contributed by atoms with E-state index in [1.807, 2.05) is 56.3 Å². The molecular formula is C43H67N5O6S. The lowest BCUT2D eigenvalue weighted by atomic mass is 10.0. The lowest BCUT2D eigenvalue weighted by molar-refractivity contribution is 0.201. The van der Waals surface area contributed by atoms with Crippen molar-refractivity contribution in [2.45, 2.75) is 99.6 Å². The molecule has 55 heavy (non-hydrogen) atoms. The Morgan fingerprint density at radius 2 is 1.76 bits per heavy atom. The molecule has 0 aliphatic carbocycles. The van der Waals surface area contributed by atoms with Crippen molar-refractivity contribution in [3.63, 3.8) is 0 Å². The fourth-order valence-electron chi connectivity index (χ4n) is 5.46. The number of aryl methyl sites for hydroxylation is 1. The highest BCUT2D eigenvalue weighted by atomic mass is 32.2. The molecule has 1 aromatic heterocycles. The Kier molecular flexibility index (Phi) is 22.9. The smallest absolute Gasteiger partial charge is 0.236 e. The molecule has 3 aromatic rings. The zero-order valence-corrected chi connectivity index (χ0v) is 35.2. The second kappa shape index (κ2) is 25.8. The maximum Gasteiger partial charge on any atom is 0.236 e. The van der Waals surface area contributed by atoms with E-state index in [1.165, 1.54) is 6.42 Å². The number of nitrogens with zero attached hydrogens (tertiary/aromatic N) is 3. The molecule has 0 saturated carbocycles. The van der Waals surface area contributed by atoms with Crippen LogP contribution in [0.15, 0.2) is 94.9 Å². The minimum atomic E-state index is -3.67. The highest BCUT2D eigenvalue weighted by molar-refractivity contribution is 7.93. The molecule has 2 unspecified atom stereocenters. The summed E-state index contributed by atoms with van der Waals surface area (Å²) in [7, 11) is -1.57. The van der Waals surface area contributed by atoms with Gasteiger partial charge in [0.25, 0.3) is 0 Å². The van der Waals surface area contributed by atoms with Crippen LogP contribution >= 0.6 is 0 Å². The molecule has 0 radical (unpaired) electrons. The van der Waals surface area contributed by atoms with E-state index < -0.39 is 16.1 Å². The predicted octanol–water partition coefficient (Wildman–Crippen LogP) is 8.65. The molecule has 0 aliphatic heterocycles. The van der Waals surface area contributed by atoms with Crippen LogP contribution in [0.25, 0.3) is 11.4 Å². The van der Waals surface area contributed by atoms with Crippen molar-refractivity contribution < 1.29 is 28.3 Å². The van der Waals surface area contributed by atoms with Gasteiger partial charge in [-0.1, -0.05) is 88.2 Å². The van der Waals surface area contributed by atoms with Gasteiger partial charge in [0.2, 0.25) is 21.7 Å². The van der Waals surface area contributed by atoms with Gasteiger partial charge < -0.3 is 30.1 Å². The highest BCUT2D eigenvalue weighted by Gasteiger charge is 2.21. The highest BCUT2D eigenvalue weighted by Crippen LogP contribution is 2.31. The summed E-state index contributed by atoms with van der Waals surface area (Å²) in [5.74, 6) is 2.32. The van der Waals surface area contributed by atoms with Crippen LogP contribution in [0.5, 0.6) is 5.75 Å². The van der Waals surface area contributed by atoms with Crippen LogP contribution < -0.4 is 19.7 Å². The number of aliphatic hydroxyl groups excluding tert-OH is 1. The van der Waals surface area contributed by atoms with Gasteiger partial charge in [-0.2, -0.15) is 4.98 Å². The Morgan fingerprint density at radius 1 is 1.07 bits per heavy atom. The number of nitrogens with one attached hydrogen (secondary N) is 2. The van der Waals surface area contributed by atoms with Crippen molar-refractivity contribution in [1.82, 2.24) is 14.9 Å². The summed E-state index contributed by atoms with van der Waals surface area (Å²) in [5, 5.41) is 16.9. The first-order chi connectivity index (χ1) is 25.8. The number of hydrogen-bond donors (Lipinski definition) is 3. The van der Waals surface area contributed by atoms with Crippen LogP contribution in [-0.2, 0) is 23.0 Å². The van der Waals surface area contributed by atoms with Crippen molar-refractivity contribution in [1.29, 1.82) is 0 Å². The van der Waals surface area contributed by atoms with E-state index in [2.05, 4.69) is 74.1 Å². The third kappa shape index (κ3) is 17.4. The molecule has 3 rings (SSSR count). The zero-order chi connectivity index (χ0) is 40.1. The van der Waals surface area contributed by atoms with Gasteiger partial charge in [0.15, 0.2) is 0 Å². The van der Waals surface area contributed by atoms with Crippen molar-refractivity contribution in [3.05, 3.63) is 102 Å². The fourth-order valence-corrected chi connectivity index (χ4v) is 6.68. The van der Waals surface area contributed by atoms with Gasteiger partial charge in [0.1, 0.15) is 12.4 Å². The predicted molar refractivity (Wildman–Crippen MR) is 229 cm³/mol. The number of aromatic nitrogens is 2. The first-order valence-corrected chi connectivity index (χ1v) is 20.6. The molecule has 11 nitrogen and oxygen atoms in total. The molecule has 5 N–H and O–H groups in total. The minimum Gasteiger partial charge on any atom is -0.491 e. The summed E-state index contributed by atoms with van der Waals surface area (Å²) in [6, 6.07) is 13.5. The van der Waals surface area contributed by atoms with Gasteiger partial charge in [-0.25, -0.2) is 13.1 Å². The molecule has 0 aliphatic rings. The summed E-state index contributed by atoms with van der Waals surface area (Å²) in [6.45, 7) is 23.4. The quantitative estimate of drug-likeness (QED) is 0.0800. The third-order valence-corrected chi connectivity index (χ3v) is 10.1. The number of allylic oxidation sites excluding steroid dienone is 5. The van der Waals surface area contributed by atoms with Crippen LogP contribution in [0, 0.1) is 11.8 Å². The molecule has 306 valence electrons. The normalized spacial score (nSPS) is 12.9. The first-order valence-electron chi connectivity index (χ1n) is 19.1. The van der Waals surface area contributed by atoms with Gasteiger partial charge in [0, 0.05) is 38.2 Å². The minimum absolute atomic E-state index is 0. The van der Waals surface area contributed by atoms with Crippen LogP contribution in [0.4, 0.5) is 11.4 Å². The second-order valence-electron chi connectivity index (χ2n) is 14.0. The van der Waals surface area contributed by atoms with Crippen molar-refractivity contribution in [3.8, 4) is 17.1 Å². The summed E-state index contributed by atoms with van der Waals surface area (Å²) in [6.07, 6.45) is 11.9. The van der Waals surface area contributed by atoms with Crippen LogP contribution in [0.2, 0.25) is 0 Å². The Bertz CT molecular complexity index is 1730. The third-order valence-electron chi connectivity index (χ3n) is 8.49. The number of anilines is 2. The summed E-state index contributed by atoms with van der Waals surface area (Å²) in [4.78, 5) is 7.27. The van der Waals surface area contributed by atoms with Crippen molar-refractivity contribution in [2.24, 2.45) is 11.8 Å². The standard InChI is InChI=1S/C40H57N5O5S.C3H8.H2O/c1-9-11-13-34(32(7)44-51(47,48)31(6)26-30(5)12-10-2)17-21-39-42-40(43-50-39)35-16-20-38(45(8)23-22-29(3)4)37(27-35)41-28-33-14-18-36(19-15-33)49-25-24-46;1-3-2;/h9-10,13-16,18-20,26-27,29-30,32,41,44,46H,1-2,11-12,17,21-25,28H2,3-8H3;3H2,1-2H3;1H2/b31-26+,34-13?;;. The molecule has 0 bridgehead atoms. The summed E-state index contributed by atoms with van der Waals surface area (Å²) in [5.41, 5.74) is 4.83. The van der Waals surface area contributed by atoms with Gasteiger partial charge in [-0.3, -0.25) is 0 Å². The topological polar surface area (TPSA) is 161 Å². The molecule has 0 fully saturated rings. The fraction of sp³-hybridized carbons (Fsp3) is 0.488. The number of benzene rings is 2. The lowest BCUT2D eigenvalue weighted by Gasteiger charge is -2.24. The van der Waals surface area contributed by atoms with Gasteiger partial charge >= 0.3 is 0 Å². The second-order valence-corrected chi connectivity index (χ2v) is 15.9. The van der Waals surface area contributed by atoms with Crippen LogP contribution in [0.1, 0.15) is 92.0 Å². The van der Waals surface area contributed by atoms with Crippen molar-refractivity contribution in [2.75, 3.05) is 37.0 Å². The van der Waals surface area contributed by atoms with Crippen molar-refractivity contribution >= 4 is 21.4 Å². The molecule has 0 spiro atoms. The van der Waals surface area contributed by atoms with Crippen LogP contribution in [0.3, 0.4) is 0 Å². The Labute approximate surface area is 331 Å².